The van der Waals surface area contributed by atoms with Gasteiger partial charge in [0.05, 0.1) is 5.69 Å². The molecule has 154 valence electrons. The van der Waals surface area contributed by atoms with Crippen LogP contribution in [0.3, 0.4) is 0 Å². The second kappa shape index (κ2) is 9.82. The minimum absolute atomic E-state index is 0.0571. The molecule has 1 aliphatic rings. The van der Waals surface area contributed by atoms with E-state index in [-0.39, 0.29) is 11.6 Å². The van der Waals surface area contributed by atoms with E-state index in [1.807, 2.05) is 17.0 Å². The number of amidine groups is 1. The number of aliphatic imine (C=N–C) groups is 1. The molecule has 2 rings (SSSR count). The smallest absolute Gasteiger partial charge is 0.185 e. The van der Waals surface area contributed by atoms with Crippen molar-refractivity contribution in [3.05, 3.63) is 59.2 Å². The predicted molar refractivity (Wildman–Crippen MR) is 116 cm³/mol. The fourth-order valence-electron chi connectivity index (χ4n) is 3.04. The fourth-order valence-corrected chi connectivity index (χ4v) is 3.04. The maximum Gasteiger partial charge on any atom is 0.185 e. The molecular weight excluding hydrogens is 371 g/mol. The van der Waals surface area contributed by atoms with Crippen molar-refractivity contribution in [1.82, 2.24) is 0 Å². The first-order valence-corrected chi connectivity index (χ1v) is 9.36. The third-order valence-electron chi connectivity index (χ3n) is 4.90. The summed E-state index contributed by atoms with van der Waals surface area (Å²) in [4.78, 5) is 30.7. The molecule has 1 aromatic carbocycles. The molecule has 2 N–H and O–H groups in total. The van der Waals surface area contributed by atoms with E-state index in [4.69, 9.17) is 5.73 Å². The molecule has 6 nitrogen and oxygen atoms in total. The lowest BCUT2D eigenvalue weighted by Gasteiger charge is -2.29. The molecule has 7 heteroatoms. The van der Waals surface area contributed by atoms with Gasteiger partial charge in [-0.25, -0.2) is 9.38 Å². The van der Waals surface area contributed by atoms with Gasteiger partial charge in [-0.2, -0.15) is 0 Å². The minimum Gasteiger partial charge on any atom is -0.404 e. The van der Waals surface area contributed by atoms with Gasteiger partial charge < -0.3 is 15.5 Å². The van der Waals surface area contributed by atoms with Gasteiger partial charge in [-0.3, -0.25) is 9.59 Å². The number of nitrogens with two attached hydrogens (primary N) is 1. The van der Waals surface area contributed by atoms with Crippen LogP contribution in [-0.4, -0.2) is 38.0 Å². The quantitative estimate of drug-likeness (QED) is 0.344. The van der Waals surface area contributed by atoms with Crippen LogP contribution in [0.25, 0.3) is 0 Å². The second-order valence-electron chi connectivity index (χ2n) is 6.90. The van der Waals surface area contributed by atoms with Crippen molar-refractivity contribution in [2.75, 3.05) is 29.9 Å². The molecule has 0 bridgehead atoms. The average molecular weight is 398 g/mol. The van der Waals surface area contributed by atoms with Crippen LogP contribution in [0.2, 0.25) is 0 Å². The van der Waals surface area contributed by atoms with Crippen molar-refractivity contribution in [2.24, 2.45) is 10.7 Å². The number of hydrogen-bond acceptors (Lipinski definition) is 5. The first kappa shape index (κ1) is 22.1. The number of rotatable bonds is 6. The number of ketones is 1. The highest BCUT2D eigenvalue weighted by Gasteiger charge is 2.20. The largest absolute Gasteiger partial charge is 0.404 e. The van der Waals surface area contributed by atoms with Gasteiger partial charge in [-0.05, 0) is 57.0 Å². The molecule has 0 aliphatic carbocycles. The molecule has 0 unspecified atom stereocenters. The number of nitrogens with zero attached hydrogens (tertiary/aromatic N) is 3. The number of anilines is 2. The van der Waals surface area contributed by atoms with Crippen LogP contribution in [0.5, 0.6) is 0 Å². The van der Waals surface area contributed by atoms with E-state index in [9.17, 15) is 14.0 Å². The van der Waals surface area contributed by atoms with E-state index in [0.717, 1.165) is 0 Å². The van der Waals surface area contributed by atoms with E-state index in [1.165, 1.54) is 18.3 Å². The van der Waals surface area contributed by atoms with E-state index < -0.39 is 0 Å². The zero-order valence-electron chi connectivity index (χ0n) is 17.3. The molecule has 0 amide bonds. The zero-order valence-corrected chi connectivity index (χ0v) is 17.3. The molecule has 0 radical (unpaired) electrons. The van der Waals surface area contributed by atoms with Crippen LogP contribution in [0, 0.1) is 5.82 Å². The molecule has 0 fully saturated rings. The lowest BCUT2D eigenvalue weighted by atomic mass is 9.99. The summed E-state index contributed by atoms with van der Waals surface area (Å²) in [6.07, 6.45) is 5.73. The van der Waals surface area contributed by atoms with Crippen molar-refractivity contribution in [2.45, 2.75) is 27.2 Å². The van der Waals surface area contributed by atoms with E-state index in [2.05, 4.69) is 4.99 Å². The number of hydrogen-bond donors (Lipinski definition) is 1. The number of aldehydes is 1. The van der Waals surface area contributed by atoms with Crippen LogP contribution in [-0.2, 0) is 9.59 Å². The van der Waals surface area contributed by atoms with E-state index >= 15 is 0 Å². The Bertz CT molecular complexity index is 915. The number of halogens is 1. The normalized spacial score (nSPS) is 15.8. The number of carbonyl (C=O) groups excluding carboxylic acids is 2. The Morgan fingerprint density at radius 1 is 1.31 bits per heavy atom. The predicted octanol–water partition coefficient (Wildman–Crippen LogP) is 3.35. The summed E-state index contributed by atoms with van der Waals surface area (Å²) in [5, 5.41) is 0. The van der Waals surface area contributed by atoms with Gasteiger partial charge in [0.2, 0.25) is 0 Å². The van der Waals surface area contributed by atoms with Crippen molar-refractivity contribution < 1.29 is 14.0 Å². The summed E-state index contributed by atoms with van der Waals surface area (Å²) in [5.41, 5.74) is 8.36. The molecule has 1 aliphatic heterocycles. The number of benzene rings is 1. The van der Waals surface area contributed by atoms with Gasteiger partial charge in [-0.1, -0.05) is 6.08 Å². The molecule has 0 atom stereocenters. The Morgan fingerprint density at radius 3 is 2.59 bits per heavy atom. The fraction of sp³-hybridized carbons (Fsp3) is 0.318. The Balaban J connectivity index is 2.16. The zero-order chi connectivity index (χ0) is 21.6. The van der Waals surface area contributed by atoms with E-state index in [0.29, 0.717) is 59.9 Å². The van der Waals surface area contributed by atoms with Crippen LogP contribution in [0.15, 0.2) is 58.4 Å². The molecule has 0 saturated heterocycles. The molecule has 0 aromatic heterocycles. The Hall–Kier alpha value is -3.22. The van der Waals surface area contributed by atoms with Gasteiger partial charge in [0, 0.05) is 43.3 Å². The van der Waals surface area contributed by atoms with Crippen LogP contribution in [0.4, 0.5) is 15.8 Å². The highest BCUT2D eigenvalue weighted by atomic mass is 19.1. The molecule has 1 aromatic rings. The first-order chi connectivity index (χ1) is 13.8. The van der Waals surface area contributed by atoms with E-state index in [1.54, 1.807) is 38.8 Å². The van der Waals surface area contributed by atoms with Crippen molar-refractivity contribution in [1.29, 1.82) is 0 Å². The monoisotopic (exact) mass is 398 g/mol. The standard InChI is InChI=1S/C22H27FN4O2/c1-15(14-24)22(29)18-7-10-27(11-8-18)21-6-5-19(13-20(21)23)26(4)17(3)25-16(2)9-12-28/h5-7,9,12-14H,8,10-11,24H2,1-4H3/b15-14-,16-9-,25-17?. The molecule has 0 saturated carbocycles. The molecular formula is C22H27FN4O2. The first-order valence-electron chi connectivity index (χ1n) is 9.36. The summed E-state index contributed by atoms with van der Waals surface area (Å²) >= 11 is 0. The van der Waals surface area contributed by atoms with Gasteiger partial charge in [0.15, 0.2) is 5.78 Å². The van der Waals surface area contributed by atoms with Crippen molar-refractivity contribution in [3.63, 3.8) is 0 Å². The maximum atomic E-state index is 14.8. The molecule has 0 spiro atoms. The van der Waals surface area contributed by atoms with Crippen LogP contribution in [0.1, 0.15) is 27.2 Å². The summed E-state index contributed by atoms with van der Waals surface area (Å²) in [6, 6.07) is 5.01. The van der Waals surface area contributed by atoms with Crippen molar-refractivity contribution >= 4 is 29.3 Å². The SMILES string of the molecule is CC(=N/C(C)=C\C=O)N(C)c1ccc(N2CC=C(C(=O)/C(C)=C\N)CC2)c(F)c1. The van der Waals surface area contributed by atoms with Gasteiger partial charge in [0.25, 0.3) is 0 Å². The number of Topliss-reactive ketones (excluding diaryl/α,β-unsaturated/α-hetero) is 1. The number of carbonyl (C=O) groups is 2. The molecule has 29 heavy (non-hydrogen) atoms. The Kier molecular flexibility index (Phi) is 7.47. The number of allylic oxidation sites excluding steroid dienone is 3. The topological polar surface area (TPSA) is 79.0 Å². The maximum absolute atomic E-state index is 14.8. The lowest BCUT2D eigenvalue weighted by Crippen LogP contribution is -2.31. The van der Waals surface area contributed by atoms with Crippen molar-refractivity contribution in [3.8, 4) is 0 Å². The second-order valence-corrected chi connectivity index (χ2v) is 6.90. The summed E-state index contributed by atoms with van der Waals surface area (Å²) in [5.74, 6) is 0.238. The summed E-state index contributed by atoms with van der Waals surface area (Å²) < 4.78 is 14.8. The highest BCUT2D eigenvalue weighted by Crippen LogP contribution is 2.27. The Morgan fingerprint density at radius 2 is 2.03 bits per heavy atom. The van der Waals surface area contributed by atoms with Crippen LogP contribution < -0.4 is 15.5 Å². The third kappa shape index (κ3) is 5.40. The molecule has 1 heterocycles. The van der Waals surface area contributed by atoms with Crippen LogP contribution >= 0.6 is 0 Å². The Labute approximate surface area is 170 Å². The lowest BCUT2D eigenvalue weighted by molar-refractivity contribution is -0.112. The van der Waals surface area contributed by atoms with Gasteiger partial charge >= 0.3 is 0 Å². The summed E-state index contributed by atoms with van der Waals surface area (Å²) in [6.45, 7) is 6.22. The summed E-state index contributed by atoms with van der Waals surface area (Å²) in [7, 11) is 1.79. The third-order valence-corrected chi connectivity index (χ3v) is 4.90. The van der Waals surface area contributed by atoms with Gasteiger partial charge in [-0.15, -0.1) is 0 Å². The van der Waals surface area contributed by atoms with Gasteiger partial charge in [0.1, 0.15) is 17.9 Å². The minimum atomic E-state index is -0.344. The average Bonchev–Trinajstić information content (AvgIpc) is 2.72. The highest BCUT2D eigenvalue weighted by molar-refractivity contribution is 6.07.